The molecular weight excluding hydrogens is 366 g/mol. The van der Waals surface area contributed by atoms with Crippen LogP contribution in [0.15, 0.2) is 36.4 Å². The van der Waals surface area contributed by atoms with E-state index < -0.39 is 4.92 Å². The largest absolute Gasteiger partial charge is 0.370 e. The number of nitro groups is 1. The number of amides is 1. The Kier molecular flexibility index (Phi) is 5.65. The molecular formula is C20H22ClN3O3. The molecule has 1 fully saturated rings. The van der Waals surface area contributed by atoms with Crippen molar-refractivity contribution >= 4 is 34.6 Å². The zero-order valence-electron chi connectivity index (χ0n) is 15.4. The second kappa shape index (κ2) is 7.96. The van der Waals surface area contributed by atoms with Crippen LogP contribution in [-0.2, 0) is 0 Å². The van der Waals surface area contributed by atoms with Crippen molar-refractivity contribution < 1.29 is 9.72 Å². The molecule has 2 aromatic rings. The number of anilines is 2. The number of nitrogens with zero attached hydrogens (tertiary/aromatic N) is 2. The van der Waals surface area contributed by atoms with Gasteiger partial charge in [-0.2, -0.15) is 0 Å². The minimum absolute atomic E-state index is 0.00482. The number of hydrogen-bond donors (Lipinski definition) is 1. The number of halogens is 1. The Balaban J connectivity index is 1.72. The molecule has 3 rings (SSSR count). The van der Waals surface area contributed by atoms with E-state index in [1.807, 2.05) is 12.1 Å². The maximum absolute atomic E-state index is 12.4. The van der Waals surface area contributed by atoms with E-state index in [4.69, 9.17) is 11.6 Å². The fraction of sp³-hybridized carbons (Fsp3) is 0.350. The van der Waals surface area contributed by atoms with Crippen LogP contribution in [0.1, 0.15) is 35.7 Å². The Hall–Kier alpha value is -2.60. The second-order valence-electron chi connectivity index (χ2n) is 7.05. The van der Waals surface area contributed by atoms with E-state index in [1.54, 1.807) is 13.0 Å². The second-order valence-corrected chi connectivity index (χ2v) is 7.46. The van der Waals surface area contributed by atoms with Gasteiger partial charge in [-0.1, -0.05) is 18.5 Å². The first-order valence-electron chi connectivity index (χ1n) is 8.96. The molecule has 1 saturated heterocycles. The highest BCUT2D eigenvalue weighted by Gasteiger charge is 2.19. The summed E-state index contributed by atoms with van der Waals surface area (Å²) in [7, 11) is 0. The van der Waals surface area contributed by atoms with Gasteiger partial charge in [0.25, 0.3) is 11.6 Å². The molecule has 1 amide bonds. The van der Waals surface area contributed by atoms with Gasteiger partial charge in [-0.15, -0.1) is 0 Å². The van der Waals surface area contributed by atoms with E-state index >= 15 is 0 Å². The van der Waals surface area contributed by atoms with E-state index in [1.165, 1.54) is 18.2 Å². The summed E-state index contributed by atoms with van der Waals surface area (Å²) in [5.41, 5.74) is 2.38. The van der Waals surface area contributed by atoms with E-state index in [0.29, 0.717) is 21.8 Å². The van der Waals surface area contributed by atoms with Crippen molar-refractivity contribution in [3.05, 3.63) is 62.7 Å². The maximum atomic E-state index is 12.4. The number of carbonyl (C=O) groups is 1. The highest BCUT2D eigenvalue weighted by Crippen LogP contribution is 2.32. The zero-order chi connectivity index (χ0) is 19.6. The number of rotatable bonds is 4. The normalized spacial score (nSPS) is 14.9. The number of hydrogen-bond acceptors (Lipinski definition) is 4. The van der Waals surface area contributed by atoms with E-state index in [9.17, 15) is 14.9 Å². The molecule has 2 aromatic carbocycles. The lowest BCUT2D eigenvalue weighted by atomic mass is 9.99. The molecule has 7 heteroatoms. The van der Waals surface area contributed by atoms with Crippen LogP contribution in [0.4, 0.5) is 17.1 Å². The Bertz CT molecular complexity index is 877. The van der Waals surface area contributed by atoms with Crippen LogP contribution in [0.3, 0.4) is 0 Å². The fourth-order valence-electron chi connectivity index (χ4n) is 3.30. The van der Waals surface area contributed by atoms with E-state index in [-0.39, 0.29) is 11.6 Å². The topological polar surface area (TPSA) is 75.5 Å². The SMILES string of the molecule is Cc1cc(C(=O)Nc2ccc(N3CCC(C)CC3)c(Cl)c2)ccc1[N+](=O)[O-]. The van der Waals surface area contributed by atoms with Crippen LogP contribution in [0.2, 0.25) is 5.02 Å². The molecule has 0 unspecified atom stereocenters. The monoisotopic (exact) mass is 387 g/mol. The van der Waals surface area contributed by atoms with Crippen LogP contribution in [0, 0.1) is 23.0 Å². The van der Waals surface area contributed by atoms with E-state index in [0.717, 1.165) is 37.5 Å². The van der Waals surface area contributed by atoms with Crippen LogP contribution < -0.4 is 10.2 Å². The summed E-state index contributed by atoms with van der Waals surface area (Å²) in [5.74, 6) is 0.410. The van der Waals surface area contributed by atoms with Gasteiger partial charge in [0.2, 0.25) is 0 Å². The van der Waals surface area contributed by atoms with Gasteiger partial charge < -0.3 is 10.2 Å². The summed E-state index contributed by atoms with van der Waals surface area (Å²) >= 11 is 6.44. The molecule has 1 aliphatic heterocycles. The fourth-order valence-corrected chi connectivity index (χ4v) is 3.60. The number of piperidine rings is 1. The van der Waals surface area contributed by atoms with Gasteiger partial charge in [0, 0.05) is 36.0 Å². The van der Waals surface area contributed by atoms with Crippen LogP contribution in [0.25, 0.3) is 0 Å². The Morgan fingerprint density at radius 2 is 1.93 bits per heavy atom. The Morgan fingerprint density at radius 3 is 2.52 bits per heavy atom. The van der Waals surface area contributed by atoms with Gasteiger partial charge in [-0.25, -0.2) is 0 Å². The minimum atomic E-state index is -0.461. The lowest BCUT2D eigenvalue weighted by Crippen LogP contribution is -2.32. The van der Waals surface area contributed by atoms with Gasteiger partial charge in [-0.3, -0.25) is 14.9 Å². The number of benzene rings is 2. The molecule has 0 aromatic heterocycles. The van der Waals surface area contributed by atoms with Gasteiger partial charge in [-0.05, 0) is 56.0 Å². The standard InChI is InChI=1S/C20H22ClN3O3/c1-13-7-9-23(10-8-13)19-6-4-16(12-17(19)21)22-20(25)15-3-5-18(24(26)27)14(2)11-15/h3-6,11-13H,7-10H2,1-2H3,(H,22,25). The van der Waals surface area contributed by atoms with Gasteiger partial charge in [0.15, 0.2) is 0 Å². The third-order valence-corrected chi connectivity index (χ3v) is 5.29. The summed E-state index contributed by atoms with van der Waals surface area (Å²) < 4.78 is 0. The van der Waals surface area contributed by atoms with Crippen LogP contribution in [0.5, 0.6) is 0 Å². The van der Waals surface area contributed by atoms with Crippen molar-refractivity contribution in [3.63, 3.8) is 0 Å². The lowest BCUT2D eigenvalue weighted by molar-refractivity contribution is -0.385. The van der Waals surface area contributed by atoms with Gasteiger partial charge >= 0.3 is 0 Å². The third kappa shape index (κ3) is 4.39. The first-order chi connectivity index (χ1) is 12.8. The quantitative estimate of drug-likeness (QED) is 0.588. The van der Waals surface area contributed by atoms with Crippen molar-refractivity contribution in [2.45, 2.75) is 26.7 Å². The van der Waals surface area contributed by atoms with Crippen molar-refractivity contribution in [2.24, 2.45) is 5.92 Å². The molecule has 0 bridgehead atoms. The van der Waals surface area contributed by atoms with Crippen molar-refractivity contribution in [1.82, 2.24) is 0 Å². The molecule has 27 heavy (non-hydrogen) atoms. The summed E-state index contributed by atoms with van der Waals surface area (Å²) in [6, 6.07) is 9.80. The van der Waals surface area contributed by atoms with Crippen molar-refractivity contribution in [1.29, 1.82) is 0 Å². The van der Waals surface area contributed by atoms with Gasteiger partial charge in [0.05, 0.1) is 15.6 Å². The predicted octanol–water partition coefficient (Wildman–Crippen LogP) is 5.05. The van der Waals surface area contributed by atoms with Crippen molar-refractivity contribution in [2.75, 3.05) is 23.3 Å². The average Bonchev–Trinajstić information content (AvgIpc) is 2.62. The molecule has 0 radical (unpaired) electrons. The molecule has 142 valence electrons. The average molecular weight is 388 g/mol. The highest BCUT2D eigenvalue weighted by molar-refractivity contribution is 6.33. The molecule has 0 atom stereocenters. The number of nitrogens with one attached hydrogen (secondary N) is 1. The number of carbonyl (C=O) groups excluding carboxylic acids is 1. The smallest absolute Gasteiger partial charge is 0.272 e. The molecule has 0 spiro atoms. The maximum Gasteiger partial charge on any atom is 0.272 e. The molecule has 6 nitrogen and oxygen atoms in total. The minimum Gasteiger partial charge on any atom is -0.370 e. The highest BCUT2D eigenvalue weighted by atomic mass is 35.5. The summed E-state index contributed by atoms with van der Waals surface area (Å²) in [6.45, 7) is 5.83. The van der Waals surface area contributed by atoms with Crippen molar-refractivity contribution in [3.8, 4) is 0 Å². The lowest BCUT2D eigenvalue weighted by Gasteiger charge is -2.32. The molecule has 1 aliphatic rings. The summed E-state index contributed by atoms with van der Waals surface area (Å²) in [6.07, 6.45) is 2.29. The molecule has 1 heterocycles. The first-order valence-corrected chi connectivity index (χ1v) is 9.34. The summed E-state index contributed by atoms with van der Waals surface area (Å²) in [5, 5.41) is 14.3. The number of aryl methyl sites for hydroxylation is 1. The zero-order valence-corrected chi connectivity index (χ0v) is 16.1. The molecule has 0 saturated carbocycles. The first kappa shape index (κ1) is 19.2. The van der Waals surface area contributed by atoms with Crippen LogP contribution in [-0.4, -0.2) is 23.9 Å². The Labute approximate surface area is 163 Å². The molecule has 1 N–H and O–H groups in total. The molecule has 0 aliphatic carbocycles. The van der Waals surface area contributed by atoms with Crippen LogP contribution >= 0.6 is 11.6 Å². The van der Waals surface area contributed by atoms with Gasteiger partial charge in [0.1, 0.15) is 0 Å². The predicted molar refractivity (Wildman–Crippen MR) is 108 cm³/mol. The van der Waals surface area contributed by atoms with E-state index in [2.05, 4.69) is 17.1 Å². The summed E-state index contributed by atoms with van der Waals surface area (Å²) in [4.78, 5) is 25.2. The third-order valence-electron chi connectivity index (χ3n) is 4.99. The number of nitro benzene ring substituents is 1. The Morgan fingerprint density at radius 1 is 1.22 bits per heavy atom.